The smallest absolute Gasteiger partial charge is 0.335 e. The molecule has 1 rings (SSSR count). The number of esters is 3. The number of rotatable bonds is 44. The second-order valence-electron chi connectivity index (χ2n) is 18.1. The van der Waals surface area contributed by atoms with Crippen LogP contribution in [0.15, 0.2) is 122 Å². The molecule has 0 amide bonds. The Morgan fingerprint density at radius 2 is 0.932 bits per heavy atom. The van der Waals surface area contributed by atoms with Gasteiger partial charge >= 0.3 is 23.9 Å². The normalized spacial score (nSPS) is 19.3. The fourth-order valence-corrected chi connectivity index (χ4v) is 7.39. The van der Waals surface area contributed by atoms with Gasteiger partial charge in [-0.15, -0.1) is 0 Å². The minimum absolute atomic E-state index is 0.0151. The van der Waals surface area contributed by atoms with Crippen molar-refractivity contribution >= 4 is 23.9 Å². The SMILES string of the molecule is CC/C=C\C/C=C\C/C=C\C/C=C\C/C=C\CC(=O)OCC(COC1OC(C(=O)O)C(O)C(O)C1OC(=O)CCCCCCC/C=C\CCCCCCCC)OC(=O)CC/C=C\C/C=C\C/C=C\C/C=C\CC. The predicted octanol–water partition coefficient (Wildman–Crippen LogP) is 13.7. The van der Waals surface area contributed by atoms with Crippen molar-refractivity contribution in [2.75, 3.05) is 13.2 Å². The zero-order valence-corrected chi connectivity index (χ0v) is 44.8. The molecule has 6 unspecified atom stereocenters. The number of allylic oxidation sites excluding steroid dienone is 19. The van der Waals surface area contributed by atoms with E-state index in [1.54, 1.807) is 6.08 Å². The number of aliphatic hydroxyl groups is 2. The first-order valence-corrected chi connectivity index (χ1v) is 27.5. The molecule has 12 nitrogen and oxygen atoms in total. The molecule has 0 aromatic rings. The summed E-state index contributed by atoms with van der Waals surface area (Å²) in [4.78, 5) is 50.9. The van der Waals surface area contributed by atoms with E-state index in [1.807, 2.05) is 36.5 Å². The molecular formula is C61H94O12. The molecule has 0 radical (unpaired) electrons. The summed E-state index contributed by atoms with van der Waals surface area (Å²) < 4.78 is 28.1. The summed E-state index contributed by atoms with van der Waals surface area (Å²) in [5.74, 6) is -3.43. The number of hydrogen-bond donors (Lipinski definition) is 3. The minimum atomic E-state index is -1.93. The Hall–Kier alpha value is -4.88. The highest BCUT2D eigenvalue weighted by Crippen LogP contribution is 2.26. The average Bonchev–Trinajstić information content (AvgIpc) is 3.37. The van der Waals surface area contributed by atoms with Crippen LogP contribution in [0.5, 0.6) is 0 Å². The van der Waals surface area contributed by atoms with E-state index in [2.05, 4.69) is 99.8 Å². The van der Waals surface area contributed by atoms with Crippen LogP contribution in [0.4, 0.5) is 0 Å². The van der Waals surface area contributed by atoms with Crippen molar-refractivity contribution < 1.29 is 58.2 Å². The minimum Gasteiger partial charge on any atom is -0.479 e. The van der Waals surface area contributed by atoms with Crippen molar-refractivity contribution in [1.82, 2.24) is 0 Å². The van der Waals surface area contributed by atoms with Crippen molar-refractivity contribution in [1.29, 1.82) is 0 Å². The van der Waals surface area contributed by atoms with Crippen LogP contribution in [0, 0.1) is 0 Å². The molecule has 3 N–H and O–H groups in total. The van der Waals surface area contributed by atoms with Gasteiger partial charge in [0, 0.05) is 12.8 Å². The van der Waals surface area contributed by atoms with Crippen LogP contribution in [-0.4, -0.2) is 89.2 Å². The molecule has 73 heavy (non-hydrogen) atoms. The lowest BCUT2D eigenvalue weighted by molar-refractivity contribution is -0.301. The van der Waals surface area contributed by atoms with E-state index in [4.69, 9.17) is 23.7 Å². The van der Waals surface area contributed by atoms with Gasteiger partial charge in [-0.3, -0.25) is 14.4 Å². The van der Waals surface area contributed by atoms with Gasteiger partial charge in [-0.2, -0.15) is 0 Å². The van der Waals surface area contributed by atoms with Crippen LogP contribution >= 0.6 is 0 Å². The first-order chi connectivity index (χ1) is 35.6. The van der Waals surface area contributed by atoms with E-state index < -0.39 is 73.9 Å². The van der Waals surface area contributed by atoms with E-state index in [9.17, 15) is 34.5 Å². The van der Waals surface area contributed by atoms with Crippen LogP contribution < -0.4 is 0 Å². The summed E-state index contributed by atoms with van der Waals surface area (Å²) in [6.45, 7) is 5.57. The molecule has 6 atom stereocenters. The van der Waals surface area contributed by atoms with E-state index in [-0.39, 0.29) is 19.3 Å². The number of carbonyl (C=O) groups is 4. The maximum atomic E-state index is 13.0. The summed E-state index contributed by atoms with van der Waals surface area (Å²) in [6, 6.07) is 0. The fourth-order valence-electron chi connectivity index (χ4n) is 7.39. The lowest BCUT2D eigenvalue weighted by Crippen LogP contribution is -2.61. The quantitative estimate of drug-likeness (QED) is 0.0228. The summed E-state index contributed by atoms with van der Waals surface area (Å²) in [5, 5.41) is 31.4. The molecule has 0 spiro atoms. The number of carbonyl (C=O) groups excluding carboxylic acids is 3. The number of carboxylic acids is 1. The molecule has 0 aliphatic carbocycles. The van der Waals surface area contributed by atoms with Gasteiger partial charge in [-0.1, -0.05) is 194 Å². The molecule has 1 saturated heterocycles. The first kappa shape index (κ1) is 66.1. The summed E-state index contributed by atoms with van der Waals surface area (Å²) in [7, 11) is 0. The van der Waals surface area contributed by atoms with Crippen LogP contribution in [-0.2, 0) is 42.9 Å². The van der Waals surface area contributed by atoms with Gasteiger partial charge < -0.3 is 39.0 Å². The molecule has 1 fully saturated rings. The van der Waals surface area contributed by atoms with Gasteiger partial charge in [0.25, 0.3) is 0 Å². The second kappa shape index (κ2) is 48.1. The Morgan fingerprint density at radius 1 is 0.479 bits per heavy atom. The standard InChI is InChI=1S/C61H94O12/c1-4-7-10-13-16-19-22-25-27-30-32-35-38-41-44-47-53(62)69-50-52(71-54(63)48-45-42-39-36-33-29-24-21-18-15-12-9-6-3)51-70-61-59(57(66)56(65)58(73-61)60(67)68)72-55(64)49-46-43-40-37-34-31-28-26-23-20-17-14-11-8-5-2/h7,9-10,12,16,18-19,21,25-29,32-33,35,39,41-42,44,52,56-59,61,65-66H,4-6,8,11,13-15,17,20,22-24,30-31,34,36-38,40,43,45-51H2,1-3H3,(H,67,68)/b10-7-,12-9-,19-16-,21-18-,27-25-,28-26-,33-29-,35-32-,42-39-,44-41-. The maximum absolute atomic E-state index is 13.0. The third kappa shape index (κ3) is 38.4. The van der Waals surface area contributed by atoms with Crippen molar-refractivity contribution in [2.45, 2.75) is 225 Å². The molecule has 12 heteroatoms. The first-order valence-electron chi connectivity index (χ1n) is 27.5. The molecule has 1 aliphatic heterocycles. The predicted molar refractivity (Wildman–Crippen MR) is 293 cm³/mol. The summed E-state index contributed by atoms with van der Waals surface area (Å²) in [5.41, 5.74) is 0. The Balaban J connectivity index is 2.82. The second-order valence-corrected chi connectivity index (χ2v) is 18.1. The largest absolute Gasteiger partial charge is 0.479 e. The lowest BCUT2D eigenvalue weighted by Gasteiger charge is -2.40. The highest BCUT2D eigenvalue weighted by molar-refractivity contribution is 5.74. The molecule has 1 aliphatic rings. The lowest BCUT2D eigenvalue weighted by atomic mass is 9.98. The van der Waals surface area contributed by atoms with Gasteiger partial charge in [-0.05, 0) is 96.3 Å². The van der Waals surface area contributed by atoms with E-state index in [0.29, 0.717) is 25.7 Å². The van der Waals surface area contributed by atoms with E-state index >= 15 is 0 Å². The topological polar surface area (TPSA) is 175 Å². The number of aliphatic hydroxyl groups excluding tert-OH is 2. The van der Waals surface area contributed by atoms with Gasteiger partial charge in [0.1, 0.15) is 18.8 Å². The summed E-state index contributed by atoms with van der Waals surface area (Å²) >= 11 is 0. The van der Waals surface area contributed by atoms with Crippen molar-refractivity contribution in [3.05, 3.63) is 122 Å². The Morgan fingerprint density at radius 3 is 1.44 bits per heavy atom. The zero-order chi connectivity index (χ0) is 53.3. The molecule has 410 valence electrons. The number of unbranched alkanes of at least 4 members (excludes halogenated alkanes) is 11. The van der Waals surface area contributed by atoms with Crippen LogP contribution in [0.2, 0.25) is 0 Å². The number of hydrogen-bond acceptors (Lipinski definition) is 11. The van der Waals surface area contributed by atoms with E-state index in [0.717, 1.165) is 83.5 Å². The van der Waals surface area contributed by atoms with Gasteiger partial charge in [0.15, 0.2) is 24.6 Å². The number of carboxylic acid groups (broad SMARTS) is 1. The average molecular weight is 1020 g/mol. The van der Waals surface area contributed by atoms with Gasteiger partial charge in [0.05, 0.1) is 13.0 Å². The highest BCUT2D eigenvalue weighted by Gasteiger charge is 2.50. The monoisotopic (exact) mass is 1020 g/mol. The fraction of sp³-hybridized carbons (Fsp3) is 0.607. The van der Waals surface area contributed by atoms with Crippen molar-refractivity contribution in [2.24, 2.45) is 0 Å². The van der Waals surface area contributed by atoms with Crippen LogP contribution in [0.25, 0.3) is 0 Å². The molecule has 1 heterocycles. The Bertz CT molecular complexity index is 1730. The molecular weight excluding hydrogens is 925 g/mol. The van der Waals surface area contributed by atoms with Gasteiger partial charge in [-0.25, -0.2) is 4.79 Å². The highest BCUT2D eigenvalue weighted by atomic mass is 16.7. The third-order valence-electron chi connectivity index (χ3n) is 11.6. The Labute approximate surface area is 439 Å². The molecule has 0 bridgehead atoms. The summed E-state index contributed by atoms with van der Waals surface area (Å²) in [6.07, 6.45) is 53.7. The van der Waals surface area contributed by atoms with Crippen molar-refractivity contribution in [3.8, 4) is 0 Å². The van der Waals surface area contributed by atoms with Gasteiger partial charge in [0.2, 0.25) is 0 Å². The Kier molecular flexibility index (Phi) is 43.6. The van der Waals surface area contributed by atoms with Crippen LogP contribution in [0.1, 0.15) is 188 Å². The zero-order valence-electron chi connectivity index (χ0n) is 44.8. The molecule has 0 saturated carbocycles. The number of aliphatic carboxylic acids is 1. The third-order valence-corrected chi connectivity index (χ3v) is 11.6. The molecule has 0 aromatic heterocycles. The maximum Gasteiger partial charge on any atom is 0.335 e. The van der Waals surface area contributed by atoms with E-state index in [1.165, 1.54) is 38.5 Å². The number of ether oxygens (including phenoxy) is 5. The van der Waals surface area contributed by atoms with Crippen molar-refractivity contribution in [3.63, 3.8) is 0 Å². The van der Waals surface area contributed by atoms with Crippen LogP contribution in [0.3, 0.4) is 0 Å². The molecule has 0 aromatic carbocycles.